The molecular formula is C22H40O2. The standard InChI is InChI=1S/C22H40O2/c1-2-3-4-5-18-6-11-20(12-7-18)21-13-8-19(9-14-21)10-15-22-23-16-17-24-22/h18-22H,2-17H2,1H3. The molecule has 1 heterocycles. The maximum Gasteiger partial charge on any atom is 0.157 e. The molecule has 3 aliphatic rings. The summed E-state index contributed by atoms with van der Waals surface area (Å²) in [5.41, 5.74) is 0. The van der Waals surface area contributed by atoms with E-state index in [4.69, 9.17) is 9.47 Å². The molecule has 0 aromatic heterocycles. The lowest BCUT2D eigenvalue weighted by Crippen LogP contribution is -2.26. The highest BCUT2D eigenvalue weighted by molar-refractivity contribution is 4.82. The third-order valence-electron chi connectivity index (χ3n) is 7.17. The molecule has 0 atom stereocenters. The Morgan fingerprint density at radius 2 is 1.17 bits per heavy atom. The van der Waals surface area contributed by atoms with Crippen molar-refractivity contribution in [2.45, 2.75) is 103 Å². The van der Waals surface area contributed by atoms with Crippen molar-refractivity contribution >= 4 is 0 Å². The van der Waals surface area contributed by atoms with E-state index in [0.717, 1.165) is 43.3 Å². The lowest BCUT2D eigenvalue weighted by atomic mass is 9.68. The molecule has 2 heteroatoms. The van der Waals surface area contributed by atoms with Gasteiger partial charge in [-0.25, -0.2) is 0 Å². The lowest BCUT2D eigenvalue weighted by Gasteiger charge is -2.38. The zero-order valence-electron chi connectivity index (χ0n) is 16.0. The topological polar surface area (TPSA) is 18.5 Å². The average molecular weight is 337 g/mol. The SMILES string of the molecule is CCCCCC1CCC(C2CCC(CCC3OCCO3)CC2)CC1. The molecule has 2 aliphatic carbocycles. The molecule has 2 nitrogen and oxygen atoms in total. The van der Waals surface area contributed by atoms with Gasteiger partial charge in [0.1, 0.15) is 0 Å². The summed E-state index contributed by atoms with van der Waals surface area (Å²) in [6, 6.07) is 0. The van der Waals surface area contributed by atoms with Crippen molar-refractivity contribution in [2.75, 3.05) is 13.2 Å². The van der Waals surface area contributed by atoms with E-state index in [9.17, 15) is 0 Å². The first-order valence-corrected chi connectivity index (χ1v) is 11.1. The molecule has 3 rings (SSSR count). The van der Waals surface area contributed by atoms with Crippen LogP contribution in [0.15, 0.2) is 0 Å². The van der Waals surface area contributed by atoms with Crippen LogP contribution in [0.4, 0.5) is 0 Å². The maximum absolute atomic E-state index is 5.58. The van der Waals surface area contributed by atoms with Gasteiger partial charge in [0.2, 0.25) is 0 Å². The summed E-state index contributed by atoms with van der Waals surface area (Å²) in [6.45, 7) is 3.93. The molecule has 2 saturated carbocycles. The van der Waals surface area contributed by atoms with Crippen LogP contribution in [0.3, 0.4) is 0 Å². The Morgan fingerprint density at radius 3 is 1.71 bits per heavy atom. The van der Waals surface area contributed by atoms with Crippen LogP contribution >= 0.6 is 0 Å². The van der Waals surface area contributed by atoms with Gasteiger partial charge in [-0.05, 0) is 62.2 Å². The van der Waals surface area contributed by atoms with Gasteiger partial charge in [-0.1, -0.05) is 58.3 Å². The van der Waals surface area contributed by atoms with Crippen LogP contribution in [0.2, 0.25) is 0 Å². The zero-order valence-corrected chi connectivity index (χ0v) is 16.0. The van der Waals surface area contributed by atoms with E-state index in [0.29, 0.717) is 0 Å². The van der Waals surface area contributed by atoms with Crippen molar-refractivity contribution in [3.63, 3.8) is 0 Å². The fourth-order valence-corrected chi connectivity index (χ4v) is 5.53. The van der Waals surface area contributed by atoms with Crippen molar-refractivity contribution in [1.82, 2.24) is 0 Å². The Balaban J connectivity index is 1.28. The Hall–Kier alpha value is -0.0800. The third-order valence-corrected chi connectivity index (χ3v) is 7.17. The first-order valence-electron chi connectivity index (χ1n) is 11.1. The van der Waals surface area contributed by atoms with Crippen LogP contribution in [0.1, 0.15) is 96.8 Å². The molecule has 0 amide bonds. The largest absolute Gasteiger partial charge is 0.350 e. The fourth-order valence-electron chi connectivity index (χ4n) is 5.53. The van der Waals surface area contributed by atoms with E-state index in [1.54, 1.807) is 0 Å². The quantitative estimate of drug-likeness (QED) is 0.482. The number of hydrogen-bond donors (Lipinski definition) is 0. The molecule has 0 N–H and O–H groups in total. The molecule has 0 bridgehead atoms. The molecule has 1 saturated heterocycles. The number of unbranched alkanes of at least 4 members (excludes halogenated alkanes) is 2. The van der Waals surface area contributed by atoms with Crippen molar-refractivity contribution in [2.24, 2.45) is 23.7 Å². The predicted octanol–water partition coefficient (Wildman–Crippen LogP) is 6.33. The van der Waals surface area contributed by atoms with Gasteiger partial charge < -0.3 is 9.47 Å². The molecule has 0 radical (unpaired) electrons. The average Bonchev–Trinajstić information content (AvgIpc) is 3.15. The van der Waals surface area contributed by atoms with Crippen molar-refractivity contribution < 1.29 is 9.47 Å². The number of ether oxygens (including phenoxy) is 2. The smallest absolute Gasteiger partial charge is 0.157 e. The second-order valence-corrected chi connectivity index (χ2v) is 8.81. The van der Waals surface area contributed by atoms with Crippen LogP contribution in [-0.4, -0.2) is 19.5 Å². The molecule has 24 heavy (non-hydrogen) atoms. The van der Waals surface area contributed by atoms with Crippen molar-refractivity contribution in [3.05, 3.63) is 0 Å². The van der Waals surface area contributed by atoms with Crippen LogP contribution in [0, 0.1) is 23.7 Å². The Bertz CT molecular complexity index is 321. The first kappa shape index (κ1) is 18.7. The summed E-state index contributed by atoms with van der Waals surface area (Å²) in [4.78, 5) is 0. The van der Waals surface area contributed by atoms with Gasteiger partial charge in [0.25, 0.3) is 0 Å². The van der Waals surface area contributed by atoms with Gasteiger partial charge >= 0.3 is 0 Å². The van der Waals surface area contributed by atoms with Gasteiger partial charge in [0.15, 0.2) is 6.29 Å². The maximum atomic E-state index is 5.58. The van der Waals surface area contributed by atoms with Crippen molar-refractivity contribution in [3.8, 4) is 0 Å². The lowest BCUT2D eigenvalue weighted by molar-refractivity contribution is -0.0514. The van der Waals surface area contributed by atoms with E-state index in [1.807, 2.05) is 0 Å². The molecule has 1 aliphatic heterocycles. The molecule has 0 aromatic carbocycles. The number of rotatable bonds is 8. The Labute approximate surface area is 150 Å². The minimum atomic E-state index is 0.116. The van der Waals surface area contributed by atoms with E-state index >= 15 is 0 Å². The molecule has 3 fully saturated rings. The normalized spacial score (nSPS) is 35.4. The summed E-state index contributed by atoms with van der Waals surface area (Å²) in [7, 11) is 0. The summed E-state index contributed by atoms with van der Waals surface area (Å²) >= 11 is 0. The molecule has 0 spiro atoms. The minimum absolute atomic E-state index is 0.116. The van der Waals surface area contributed by atoms with E-state index in [-0.39, 0.29) is 6.29 Å². The van der Waals surface area contributed by atoms with E-state index in [1.165, 1.54) is 83.5 Å². The fraction of sp³-hybridized carbons (Fsp3) is 1.00. The number of hydrogen-bond acceptors (Lipinski definition) is 2. The third kappa shape index (κ3) is 5.73. The van der Waals surface area contributed by atoms with Crippen LogP contribution in [0.5, 0.6) is 0 Å². The monoisotopic (exact) mass is 336 g/mol. The first-order chi connectivity index (χ1) is 11.8. The second-order valence-electron chi connectivity index (χ2n) is 8.81. The van der Waals surface area contributed by atoms with Gasteiger partial charge in [0.05, 0.1) is 13.2 Å². The van der Waals surface area contributed by atoms with E-state index in [2.05, 4.69) is 6.92 Å². The molecular weight excluding hydrogens is 296 g/mol. The summed E-state index contributed by atoms with van der Waals surface area (Å²) in [5.74, 6) is 4.13. The second kappa shape index (κ2) is 10.2. The molecule has 0 aromatic rings. The van der Waals surface area contributed by atoms with E-state index < -0.39 is 0 Å². The van der Waals surface area contributed by atoms with Crippen LogP contribution < -0.4 is 0 Å². The highest BCUT2D eigenvalue weighted by Crippen LogP contribution is 2.43. The van der Waals surface area contributed by atoms with Gasteiger partial charge in [-0.2, -0.15) is 0 Å². The Morgan fingerprint density at radius 1 is 0.625 bits per heavy atom. The molecule has 140 valence electrons. The molecule has 0 unspecified atom stereocenters. The highest BCUT2D eigenvalue weighted by atomic mass is 16.7. The van der Waals surface area contributed by atoms with Crippen LogP contribution in [0.25, 0.3) is 0 Å². The summed E-state index contributed by atoms with van der Waals surface area (Å²) in [5, 5.41) is 0. The van der Waals surface area contributed by atoms with Gasteiger partial charge in [-0.15, -0.1) is 0 Å². The predicted molar refractivity (Wildman–Crippen MR) is 100.0 cm³/mol. The minimum Gasteiger partial charge on any atom is -0.350 e. The van der Waals surface area contributed by atoms with Gasteiger partial charge in [-0.3, -0.25) is 0 Å². The highest BCUT2D eigenvalue weighted by Gasteiger charge is 2.31. The van der Waals surface area contributed by atoms with Crippen LogP contribution in [-0.2, 0) is 9.47 Å². The van der Waals surface area contributed by atoms with Gasteiger partial charge in [0, 0.05) is 0 Å². The zero-order chi connectivity index (χ0) is 16.6. The summed E-state index contributed by atoms with van der Waals surface area (Å²) < 4.78 is 11.2. The summed E-state index contributed by atoms with van der Waals surface area (Å²) in [6.07, 6.45) is 20.4. The Kier molecular flexibility index (Phi) is 7.92. The van der Waals surface area contributed by atoms with Crippen molar-refractivity contribution in [1.29, 1.82) is 0 Å².